The molecule has 0 aliphatic heterocycles. The predicted octanol–water partition coefficient (Wildman–Crippen LogP) is 5.85. The molecule has 1 amide bonds. The number of para-hydroxylation sites is 2. The average Bonchev–Trinajstić information content (AvgIpc) is 3.10. The highest BCUT2D eigenvalue weighted by Crippen LogP contribution is 2.24. The summed E-state index contributed by atoms with van der Waals surface area (Å²) >= 11 is 5.94. The molecule has 1 atom stereocenters. The molecule has 1 aromatic heterocycles. The van der Waals surface area contributed by atoms with Gasteiger partial charge >= 0.3 is 0 Å². The van der Waals surface area contributed by atoms with Crippen LogP contribution in [-0.4, -0.2) is 15.5 Å². The van der Waals surface area contributed by atoms with E-state index in [1.165, 1.54) is 16.7 Å². The second-order valence-corrected chi connectivity index (χ2v) is 8.11. The maximum atomic E-state index is 12.7. The Labute approximate surface area is 181 Å². The molecular weight excluding hydrogens is 394 g/mol. The molecular formula is C25H24ClN3O. The Kier molecular flexibility index (Phi) is 5.60. The van der Waals surface area contributed by atoms with Gasteiger partial charge in [0, 0.05) is 17.1 Å². The Morgan fingerprint density at radius 1 is 1.07 bits per heavy atom. The molecule has 1 N–H and O–H groups in total. The highest BCUT2D eigenvalue weighted by molar-refractivity contribution is 6.30. The topological polar surface area (TPSA) is 46.9 Å². The first-order chi connectivity index (χ1) is 14.4. The van der Waals surface area contributed by atoms with Crippen molar-refractivity contribution in [2.24, 2.45) is 0 Å². The molecule has 3 aromatic carbocycles. The summed E-state index contributed by atoms with van der Waals surface area (Å²) in [5.74, 6) is 0.684. The largest absolute Gasteiger partial charge is 0.342 e. The Hall–Kier alpha value is -3.11. The summed E-state index contributed by atoms with van der Waals surface area (Å²) in [6.07, 6.45) is 0. The van der Waals surface area contributed by atoms with Crippen molar-refractivity contribution in [1.82, 2.24) is 14.9 Å². The van der Waals surface area contributed by atoms with E-state index in [2.05, 4.69) is 48.0 Å². The van der Waals surface area contributed by atoms with Gasteiger partial charge in [0.1, 0.15) is 5.82 Å². The lowest BCUT2D eigenvalue weighted by Gasteiger charge is -2.18. The van der Waals surface area contributed by atoms with Crippen molar-refractivity contribution >= 4 is 28.5 Å². The fourth-order valence-corrected chi connectivity index (χ4v) is 3.80. The van der Waals surface area contributed by atoms with Crippen LogP contribution in [0.15, 0.2) is 66.7 Å². The van der Waals surface area contributed by atoms with Gasteiger partial charge in [-0.15, -0.1) is 0 Å². The van der Waals surface area contributed by atoms with Gasteiger partial charge in [0.2, 0.25) is 0 Å². The Morgan fingerprint density at radius 3 is 2.57 bits per heavy atom. The summed E-state index contributed by atoms with van der Waals surface area (Å²) in [4.78, 5) is 17.6. The zero-order valence-electron chi connectivity index (χ0n) is 17.3. The van der Waals surface area contributed by atoms with Gasteiger partial charge in [-0.3, -0.25) is 4.79 Å². The molecule has 0 radical (unpaired) electrons. The van der Waals surface area contributed by atoms with E-state index in [1.807, 2.05) is 25.1 Å². The number of aromatic nitrogens is 2. The smallest absolute Gasteiger partial charge is 0.251 e. The molecule has 0 saturated carbocycles. The van der Waals surface area contributed by atoms with Crippen molar-refractivity contribution in [3.63, 3.8) is 0 Å². The van der Waals surface area contributed by atoms with Crippen LogP contribution in [-0.2, 0) is 6.54 Å². The van der Waals surface area contributed by atoms with Gasteiger partial charge in [0.05, 0.1) is 17.1 Å². The van der Waals surface area contributed by atoms with Gasteiger partial charge in [-0.25, -0.2) is 4.98 Å². The van der Waals surface area contributed by atoms with Crippen molar-refractivity contribution in [3.05, 3.63) is 99.8 Å². The van der Waals surface area contributed by atoms with Gasteiger partial charge in [-0.05, 0) is 68.3 Å². The summed E-state index contributed by atoms with van der Waals surface area (Å²) in [5, 5.41) is 3.69. The maximum Gasteiger partial charge on any atom is 0.251 e. The second-order valence-electron chi connectivity index (χ2n) is 7.68. The number of halogens is 1. The fourth-order valence-electron chi connectivity index (χ4n) is 3.68. The monoisotopic (exact) mass is 417 g/mol. The summed E-state index contributed by atoms with van der Waals surface area (Å²) < 4.78 is 2.20. The minimum absolute atomic E-state index is 0.149. The second kappa shape index (κ2) is 8.33. The van der Waals surface area contributed by atoms with Crippen LogP contribution in [0.25, 0.3) is 11.0 Å². The van der Waals surface area contributed by atoms with E-state index in [9.17, 15) is 4.79 Å². The van der Waals surface area contributed by atoms with E-state index >= 15 is 0 Å². The van der Waals surface area contributed by atoms with Gasteiger partial charge in [-0.2, -0.15) is 0 Å². The van der Waals surface area contributed by atoms with E-state index in [4.69, 9.17) is 16.6 Å². The third-order valence-corrected chi connectivity index (χ3v) is 5.61. The number of imidazole rings is 1. The Bertz CT molecular complexity index is 1210. The molecule has 4 nitrogen and oxygen atoms in total. The summed E-state index contributed by atoms with van der Waals surface area (Å²) in [6, 6.07) is 21.2. The number of fused-ring (bicyclic) bond motifs is 1. The molecule has 0 bridgehead atoms. The van der Waals surface area contributed by atoms with Crippen LogP contribution in [0.5, 0.6) is 0 Å². The minimum Gasteiger partial charge on any atom is -0.342 e. The molecule has 152 valence electrons. The normalized spacial score (nSPS) is 12.1. The van der Waals surface area contributed by atoms with Gasteiger partial charge in [0.25, 0.3) is 5.91 Å². The van der Waals surface area contributed by atoms with Gasteiger partial charge < -0.3 is 9.88 Å². The molecule has 0 saturated heterocycles. The minimum atomic E-state index is -0.259. The van der Waals surface area contributed by atoms with E-state index in [0.717, 1.165) is 16.9 Å². The van der Waals surface area contributed by atoms with Crippen molar-refractivity contribution in [2.45, 2.75) is 33.4 Å². The van der Waals surface area contributed by atoms with Crippen molar-refractivity contribution in [3.8, 4) is 0 Å². The highest BCUT2D eigenvalue weighted by atomic mass is 35.5. The zero-order valence-corrected chi connectivity index (χ0v) is 18.1. The lowest BCUT2D eigenvalue weighted by Crippen LogP contribution is -2.28. The quantitative estimate of drug-likeness (QED) is 0.443. The molecule has 0 aliphatic rings. The number of benzene rings is 3. The van der Waals surface area contributed by atoms with Crippen molar-refractivity contribution in [1.29, 1.82) is 0 Å². The van der Waals surface area contributed by atoms with Crippen LogP contribution < -0.4 is 5.32 Å². The van der Waals surface area contributed by atoms with E-state index in [-0.39, 0.29) is 11.9 Å². The maximum absolute atomic E-state index is 12.7. The molecule has 5 heteroatoms. The number of carbonyl (C=O) groups excluding carboxylic acids is 1. The van der Waals surface area contributed by atoms with Crippen LogP contribution in [0.4, 0.5) is 0 Å². The first-order valence-corrected chi connectivity index (χ1v) is 10.4. The number of hydrogen-bond acceptors (Lipinski definition) is 2. The molecule has 1 unspecified atom stereocenters. The fraction of sp³-hybridized carbons (Fsp3) is 0.200. The standard InChI is InChI=1S/C25H24ClN3O/c1-16-8-9-17(2)20(14-16)15-29-23-7-5-4-6-22(23)28-24(29)18(3)27-25(30)19-10-12-21(26)13-11-19/h4-14,18H,15H2,1-3H3,(H,27,30). The SMILES string of the molecule is Cc1ccc(C)c(Cn2c(C(C)NC(=O)c3ccc(Cl)cc3)nc3ccccc32)c1. The van der Waals surface area contributed by atoms with Crippen LogP contribution in [0.1, 0.15) is 45.8 Å². The lowest BCUT2D eigenvalue weighted by molar-refractivity contribution is 0.0938. The van der Waals surface area contributed by atoms with E-state index in [1.54, 1.807) is 24.3 Å². The first-order valence-electron chi connectivity index (χ1n) is 10.00. The van der Waals surface area contributed by atoms with Gasteiger partial charge in [0.15, 0.2) is 0 Å². The summed E-state index contributed by atoms with van der Waals surface area (Å²) in [6.45, 7) is 6.89. The van der Waals surface area contributed by atoms with Gasteiger partial charge in [-0.1, -0.05) is 47.5 Å². The summed E-state index contributed by atoms with van der Waals surface area (Å²) in [5.41, 5.74) is 6.26. The molecule has 0 fully saturated rings. The first kappa shape index (κ1) is 20.2. The molecule has 1 heterocycles. The highest BCUT2D eigenvalue weighted by Gasteiger charge is 2.19. The molecule has 0 aliphatic carbocycles. The Balaban J connectivity index is 1.69. The zero-order chi connectivity index (χ0) is 21.3. The van der Waals surface area contributed by atoms with E-state index in [0.29, 0.717) is 17.1 Å². The van der Waals surface area contributed by atoms with Crippen molar-refractivity contribution in [2.75, 3.05) is 0 Å². The number of carbonyl (C=O) groups is 1. The van der Waals surface area contributed by atoms with Crippen LogP contribution >= 0.6 is 11.6 Å². The lowest BCUT2D eigenvalue weighted by atomic mass is 10.1. The molecule has 4 aromatic rings. The number of amides is 1. The predicted molar refractivity (Wildman–Crippen MR) is 122 cm³/mol. The number of hydrogen-bond donors (Lipinski definition) is 1. The van der Waals surface area contributed by atoms with E-state index < -0.39 is 0 Å². The number of nitrogens with one attached hydrogen (secondary N) is 1. The third kappa shape index (κ3) is 4.10. The average molecular weight is 418 g/mol. The molecule has 30 heavy (non-hydrogen) atoms. The van der Waals surface area contributed by atoms with Crippen LogP contribution in [0.2, 0.25) is 5.02 Å². The third-order valence-electron chi connectivity index (χ3n) is 5.36. The summed E-state index contributed by atoms with van der Waals surface area (Å²) in [7, 11) is 0. The number of rotatable bonds is 5. The van der Waals surface area contributed by atoms with Crippen LogP contribution in [0, 0.1) is 13.8 Å². The van der Waals surface area contributed by atoms with Crippen molar-refractivity contribution < 1.29 is 4.79 Å². The number of aryl methyl sites for hydroxylation is 2. The van der Waals surface area contributed by atoms with Crippen LogP contribution in [0.3, 0.4) is 0 Å². The molecule has 4 rings (SSSR count). The Morgan fingerprint density at radius 2 is 1.80 bits per heavy atom. The molecule has 0 spiro atoms. The number of nitrogens with zero attached hydrogens (tertiary/aromatic N) is 2.